The summed E-state index contributed by atoms with van der Waals surface area (Å²) in [5.74, 6) is 1.86. The first kappa shape index (κ1) is 13.0. The van der Waals surface area contributed by atoms with E-state index in [9.17, 15) is 0 Å². The lowest BCUT2D eigenvalue weighted by Crippen LogP contribution is -2.14. The average Bonchev–Trinajstić information content (AvgIpc) is 2.02. The molecule has 0 aromatic rings. The van der Waals surface area contributed by atoms with Gasteiger partial charge in [0.25, 0.3) is 0 Å². The molecule has 1 atom stereocenters. The standard InChI is InChI=1S/C13H28/c1-7-12(8-2)11(3)9-10-13(4,5)6/h11-12H,7-10H2,1-6H3. The maximum atomic E-state index is 2.42. The molecular formula is C13H28. The Morgan fingerprint density at radius 2 is 1.46 bits per heavy atom. The van der Waals surface area contributed by atoms with E-state index in [1.54, 1.807) is 0 Å². The molecule has 0 aromatic heterocycles. The molecule has 0 aliphatic carbocycles. The van der Waals surface area contributed by atoms with Gasteiger partial charge in [0.1, 0.15) is 0 Å². The lowest BCUT2D eigenvalue weighted by molar-refractivity contribution is 0.263. The van der Waals surface area contributed by atoms with Gasteiger partial charge < -0.3 is 0 Å². The molecule has 0 nitrogen and oxygen atoms in total. The molecule has 0 bridgehead atoms. The molecule has 0 radical (unpaired) electrons. The van der Waals surface area contributed by atoms with E-state index in [0.29, 0.717) is 5.41 Å². The van der Waals surface area contributed by atoms with Crippen LogP contribution in [0.5, 0.6) is 0 Å². The van der Waals surface area contributed by atoms with Crippen LogP contribution in [-0.2, 0) is 0 Å². The summed E-state index contributed by atoms with van der Waals surface area (Å²) in [7, 11) is 0. The predicted molar refractivity (Wildman–Crippen MR) is 61.9 cm³/mol. The molecule has 0 saturated carbocycles. The van der Waals surface area contributed by atoms with Gasteiger partial charge in [-0.15, -0.1) is 0 Å². The molecular weight excluding hydrogens is 156 g/mol. The molecule has 80 valence electrons. The SMILES string of the molecule is CCC(CC)C(C)CCC(C)(C)C. The molecule has 0 aromatic carbocycles. The zero-order valence-electron chi connectivity index (χ0n) is 10.5. The minimum Gasteiger partial charge on any atom is -0.0651 e. The van der Waals surface area contributed by atoms with Gasteiger partial charge in [0.05, 0.1) is 0 Å². The highest BCUT2D eigenvalue weighted by molar-refractivity contribution is 4.68. The second-order valence-electron chi connectivity index (χ2n) is 5.65. The van der Waals surface area contributed by atoms with Crippen molar-refractivity contribution in [3.8, 4) is 0 Å². The Hall–Kier alpha value is 0. The molecule has 1 unspecified atom stereocenters. The first-order valence-corrected chi connectivity index (χ1v) is 5.90. The van der Waals surface area contributed by atoms with Crippen molar-refractivity contribution in [3.05, 3.63) is 0 Å². The Morgan fingerprint density at radius 3 is 1.77 bits per heavy atom. The molecule has 0 saturated heterocycles. The second-order valence-corrected chi connectivity index (χ2v) is 5.65. The highest BCUT2D eigenvalue weighted by atomic mass is 14.2. The Bertz CT molecular complexity index is 114. The van der Waals surface area contributed by atoms with Crippen molar-refractivity contribution in [2.45, 2.75) is 67.2 Å². The quantitative estimate of drug-likeness (QED) is 0.571. The summed E-state index contributed by atoms with van der Waals surface area (Å²) in [4.78, 5) is 0. The Balaban J connectivity index is 3.78. The molecule has 0 N–H and O–H groups in total. The molecule has 0 rings (SSSR count). The minimum atomic E-state index is 0.514. The maximum Gasteiger partial charge on any atom is -0.0383 e. The van der Waals surface area contributed by atoms with E-state index in [0.717, 1.165) is 11.8 Å². The number of hydrogen-bond donors (Lipinski definition) is 0. The van der Waals surface area contributed by atoms with Gasteiger partial charge in [0.15, 0.2) is 0 Å². The Labute approximate surface area is 85.1 Å². The summed E-state index contributed by atoms with van der Waals surface area (Å²) in [5, 5.41) is 0. The number of rotatable bonds is 5. The van der Waals surface area contributed by atoms with E-state index in [4.69, 9.17) is 0 Å². The molecule has 0 spiro atoms. The van der Waals surface area contributed by atoms with E-state index >= 15 is 0 Å². The van der Waals surface area contributed by atoms with Crippen LogP contribution >= 0.6 is 0 Å². The van der Waals surface area contributed by atoms with Crippen LogP contribution in [-0.4, -0.2) is 0 Å². The fraction of sp³-hybridized carbons (Fsp3) is 1.00. The average molecular weight is 184 g/mol. The molecule has 13 heavy (non-hydrogen) atoms. The van der Waals surface area contributed by atoms with Crippen molar-refractivity contribution in [1.29, 1.82) is 0 Å². The summed E-state index contributed by atoms with van der Waals surface area (Å²) < 4.78 is 0. The van der Waals surface area contributed by atoms with Gasteiger partial charge in [-0.05, 0) is 30.1 Å². The third-order valence-electron chi connectivity index (χ3n) is 3.20. The topological polar surface area (TPSA) is 0 Å². The lowest BCUT2D eigenvalue weighted by Gasteiger charge is -2.25. The third-order valence-corrected chi connectivity index (χ3v) is 3.20. The molecule has 0 heteroatoms. The fourth-order valence-corrected chi connectivity index (χ4v) is 1.99. The van der Waals surface area contributed by atoms with Crippen LogP contribution in [0.2, 0.25) is 0 Å². The van der Waals surface area contributed by atoms with E-state index < -0.39 is 0 Å². The molecule has 0 fully saturated rings. The summed E-state index contributed by atoms with van der Waals surface area (Å²) in [5.41, 5.74) is 0.514. The zero-order valence-corrected chi connectivity index (χ0v) is 10.5. The van der Waals surface area contributed by atoms with E-state index in [1.165, 1.54) is 25.7 Å². The predicted octanol–water partition coefficient (Wildman–Crippen LogP) is 4.89. The summed E-state index contributed by atoms with van der Waals surface area (Å²) in [6, 6.07) is 0. The highest BCUT2D eigenvalue weighted by Gasteiger charge is 2.17. The van der Waals surface area contributed by atoms with Crippen LogP contribution in [0.4, 0.5) is 0 Å². The van der Waals surface area contributed by atoms with Gasteiger partial charge in [-0.3, -0.25) is 0 Å². The van der Waals surface area contributed by atoms with Gasteiger partial charge in [-0.2, -0.15) is 0 Å². The Morgan fingerprint density at radius 1 is 1.00 bits per heavy atom. The smallest absolute Gasteiger partial charge is 0.0383 e. The zero-order chi connectivity index (χ0) is 10.5. The molecule has 0 heterocycles. The fourth-order valence-electron chi connectivity index (χ4n) is 1.99. The normalized spacial score (nSPS) is 15.0. The first-order valence-electron chi connectivity index (χ1n) is 5.90. The maximum absolute atomic E-state index is 2.42. The summed E-state index contributed by atoms with van der Waals surface area (Å²) in [6.07, 6.45) is 5.46. The highest BCUT2D eigenvalue weighted by Crippen LogP contribution is 2.29. The summed E-state index contributed by atoms with van der Waals surface area (Å²) >= 11 is 0. The van der Waals surface area contributed by atoms with Crippen LogP contribution < -0.4 is 0 Å². The van der Waals surface area contributed by atoms with Gasteiger partial charge in [0.2, 0.25) is 0 Å². The van der Waals surface area contributed by atoms with Crippen LogP contribution in [0.25, 0.3) is 0 Å². The molecule has 0 aliphatic rings. The monoisotopic (exact) mass is 184 g/mol. The van der Waals surface area contributed by atoms with E-state index in [1.807, 2.05) is 0 Å². The van der Waals surface area contributed by atoms with Gasteiger partial charge in [-0.1, -0.05) is 54.4 Å². The largest absolute Gasteiger partial charge is 0.0651 e. The van der Waals surface area contributed by atoms with Crippen molar-refractivity contribution in [3.63, 3.8) is 0 Å². The van der Waals surface area contributed by atoms with Gasteiger partial charge in [-0.25, -0.2) is 0 Å². The van der Waals surface area contributed by atoms with Crippen LogP contribution in [0.3, 0.4) is 0 Å². The van der Waals surface area contributed by atoms with Gasteiger partial charge >= 0.3 is 0 Å². The minimum absolute atomic E-state index is 0.514. The lowest BCUT2D eigenvalue weighted by atomic mass is 9.81. The van der Waals surface area contributed by atoms with Crippen LogP contribution in [0, 0.1) is 17.3 Å². The Kier molecular flexibility index (Phi) is 5.67. The molecule has 0 amide bonds. The van der Waals surface area contributed by atoms with E-state index in [-0.39, 0.29) is 0 Å². The molecule has 0 aliphatic heterocycles. The first-order chi connectivity index (χ1) is 5.90. The van der Waals surface area contributed by atoms with Crippen molar-refractivity contribution in [2.75, 3.05) is 0 Å². The van der Waals surface area contributed by atoms with Crippen LogP contribution in [0.15, 0.2) is 0 Å². The van der Waals surface area contributed by atoms with Crippen molar-refractivity contribution in [2.24, 2.45) is 17.3 Å². The van der Waals surface area contributed by atoms with Crippen molar-refractivity contribution in [1.82, 2.24) is 0 Å². The second kappa shape index (κ2) is 5.67. The van der Waals surface area contributed by atoms with Crippen LogP contribution in [0.1, 0.15) is 67.2 Å². The number of hydrogen-bond acceptors (Lipinski definition) is 0. The van der Waals surface area contributed by atoms with Gasteiger partial charge in [0, 0.05) is 0 Å². The van der Waals surface area contributed by atoms with Crippen molar-refractivity contribution < 1.29 is 0 Å². The summed E-state index contributed by atoms with van der Waals surface area (Å²) in [6.45, 7) is 14.1. The third kappa shape index (κ3) is 6.12. The van der Waals surface area contributed by atoms with E-state index in [2.05, 4.69) is 41.5 Å². The van der Waals surface area contributed by atoms with Crippen molar-refractivity contribution >= 4 is 0 Å².